The summed E-state index contributed by atoms with van der Waals surface area (Å²) in [6.45, 7) is 2.25. The molecular formula is C18H23NO2. The summed E-state index contributed by atoms with van der Waals surface area (Å²) in [5.74, 6) is 0.909. The normalized spacial score (nSPS) is 10.5. The van der Waals surface area contributed by atoms with Crippen LogP contribution in [-0.2, 0) is 13.0 Å². The maximum absolute atomic E-state index is 8.75. The third kappa shape index (κ3) is 5.98. The van der Waals surface area contributed by atoms with Gasteiger partial charge in [0.15, 0.2) is 0 Å². The second-order valence-corrected chi connectivity index (χ2v) is 4.99. The van der Waals surface area contributed by atoms with Crippen molar-refractivity contribution in [2.45, 2.75) is 19.4 Å². The molecule has 0 aliphatic heterocycles. The molecule has 2 aromatic carbocycles. The number of hydrogen-bond acceptors (Lipinski definition) is 3. The van der Waals surface area contributed by atoms with E-state index in [0.29, 0.717) is 6.54 Å². The zero-order chi connectivity index (χ0) is 14.8. The standard InChI is InChI=1S/C18H23NO2/c20-12-11-19-15-17-8-4-10-18(14-17)21-13-5-9-16-6-2-1-3-7-16/h1-4,6-8,10,14,19-20H,5,9,11-13,15H2. The first-order valence-corrected chi connectivity index (χ1v) is 7.46. The van der Waals surface area contributed by atoms with Crippen LogP contribution in [0.3, 0.4) is 0 Å². The molecule has 0 fully saturated rings. The van der Waals surface area contributed by atoms with Crippen molar-refractivity contribution in [2.75, 3.05) is 19.8 Å². The molecule has 0 atom stereocenters. The van der Waals surface area contributed by atoms with Gasteiger partial charge in [-0.05, 0) is 36.1 Å². The monoisotopic (exact) mass is 285 g/mol. The highest BCUT2D eigenvalue weighted by molar-refractivity contribution is 5.28. The van der Waals surface area contributed by atoms with E-state index in [-0.39, 0.29) is 6.61 Å². The van der Waals surface area contributed by atoms with Crippen LogP contribution in [0.25, 0.3) is 0 Å². The van der Waals surface area contributed by atoms with Gasteiger partial charge in [0.1, 0.15) is 5.75 Å². The average Bonchev–Trinajstić information content (AvgIpc) is 2.53. The van der Waals surface area contributed by atoms with Crippen molar-refractivity contribution in [3.05, 3.63) is 65.7 Å². The van der Waals surface area contributed by atoms with Crippen molar-refractivity contribution < 1.29 is 9.84 Å². The van der Waals surface area contributed by atoms with Crippen molar-refractivity contribution >= 4 is 0 Å². The molecule has 112 valence electrons. The van der Waals surface area contributed by atoms with Gasteiger partial charge in [-0.2, -0.15) is 0 Å². The quantitative estimate of drug-likeness (QED) is 0.696. The van der Waals surface area contributed by atoms with Crippen LogP contribution >= 0.6 is 0 Å². The Balaban J connectivity index is 1.71. The Morgan fingerprint density at radius 2 is 1.76 bits per heavy atom. The molecule has 2 N–H and O–H groups in total. The molecule has 0 unspecified atom stereocenters. The molecule has 2 rings (SSSR count). The number of nitrogens with one attached hydrogen (secondary N) is 1. The molecule has 0 spiro atoms. The zero-order valence-corrected chi connectivity index (χ0v) is 12.3. The van der Waals surface area contributed by atoms with E-state index in [2.05, 4.69) is 35.6 Å². The minimum absolute atomic E-state index is 0.162. The summed E-state index contributed by atoms with van der Waals surface area (Å²) in [7, 11) is 0. The van der Waals surface area contributed by atoms with E-state index in [1.807, 2.05) is 24.3 Å². The summed E-state index contributed by atoms with van der Waals surface area (Å²) in [6.07, 6.45) is 2.05. The molecule has 3 heteroatoms. The molecule has 0 heterocycles. The third-order valence-electron chi connectivity index (χ3n) is 3.24. The molecule has 0 aromatic heterocycles. The Labute approximate surface area is 126 Å². The number of ether oxygens (including phenoxy) is 1. The Bertz CT molecular complexity index is 514. The van der Waals surface area contributed by atoms with Gasteiger partial charge in [-0.25, -0.2) is 0 Å². The van der Waals surface area contributed by atoms with Crippen LogP contribution in [0.1, 0.15) is 17.5 Å². The number of benzene rings is 2. The summed E-state index contributed by atoms with van der Waals surface area (Å²) in [6, 6.07) is 18.6. The highest BCUT2D eigenvalue weighted by Gasteiger charge is 1.98. The molecule has 0 radical (unpaired) electrons. The average molecular weight is 285 g/mol. The minimum Gasteiger partial charge on any atom is -0.494 e. The van der Waals surface area contributed by atoms with Gasteiger partial charge in [0, 0.05) is 13.1 Å². The summed E-state index contributed by atoms with van der Waals surface area (Å²) < 4.78 is 5.80. The predicted octanol–water partition coefficient (Wildman–Crippen LogP) is 2.78. The molecule has 2 aromatic rings. The van der Waals surface area contributed by atoms with Crippen LogP contribution in [0, 0.1) is 0 Å². The van der Waals surface area contributed by atoms with E-state index >= 15 is 0 Å². The fourth-order valence-corrected chi connectivity index (χ4v) is 2.17. The van der Waals surface area contributed by atoms with Crippen LogP contribution in [-0.4, -0.2) is 24.9 Å². The second kappa shape index (κ2) is 9.16. The van der Waals surface area contributed by atoms with Gasteiger partial charge in [0.2, 0.25) is 0 Å². The van der Waals surface area contributed by atoms with E-state index in [9.17, 15) is 0 Å². The smallest absolute Gasteiger partial charge is 0.119 e. The maximum Gasteiger partial charge on any atom is 0.119 e. The lowest BCUT2D eigenvalue weighted by atomic mass is 10.1. The fraction of sp³-hybridized carbons (Fsp3) is 0.333. The summed E-state index contributed by atoms with van der Waals surface area (Å²) in [4.78, 5) is 0. The Morgan fingerprint density at radius 1 is 0.952 bits per heavy atom. The van der Waals surface area contributed by atoms with Crippen molar-refractivity contribution in [3.63, 3.8) is 0 Å². The fourth-order valence-electron chi connectivity index (χ4n) is 2.17. The highest BCUT2D eigenvalue weighted by Crippen LogP contribution is 2.14. The van der Waals surface area contributed by atoms with Crippen molar-refractivity contribution in [1.82, 2.24) is 5.32 Å². The van der Waals surface area contributed by atoms with Gasteiger partial charge in [-0.3, -0.25) is 0 Å². The van der Waals surface area contributed by atoms with E-state index in [1.165, 1.54) is 11.1 Å². The number of aryl methyl sites for hydroxylation is 1. The van der Waals surface area contributed by atoms with Crippen LogP contribution in [0.4, 0.5) is 0 Å². The van der Waals surface area contributed by atoms with E-state index in [1.54, 1.807) is 0 Å². The molecule has 0 aliphatic carbocycles. The van der Waals surface area contributed by atoms with Crippen molar-refractivity contribution in [2.24, 2.45) is 0 Å². The lowest BCUT2D eigenvalue weighted by Crippen LogP contribution is -2.17. The maximum atomic E-state index is 8.75. The highest BCUT2D eigenvalue weighted by atomic mass is 16.5. The molecule has 21 heavy (non-hydrogen) atoms. The van der Waals surface area contributed by atoms with Crippen LogP contribution < -0.4 is 10.1 Å². The van der Waals surface area contributed by atoms with Gasteiger partial charge in [0.05, 0.1) is 13.2 Å². The molecule has 3 nitrogen and oxygen atoms in total. The predicted molar refractivity (Wildman–Crippen MR) is 85.5 cm³/mol. The van der Waals surface area contributed by atoms with Gasteiger partial charge in [-0.15, -0.1) is 0 Å². The first-order valence-electron chi connectivity index (χ1n) is 7.46. The minimum atomic E-state index is 0.162. The number of rotatable bonds is 9. The molecule has 0 bridgehead atoms. The lowest BCUT2D eigenvalue weighted by molar-refractivity contribution is 0.291. The summed E-state index contributed by atoms with van der Waals surface area (Å²) >= 11 is 0. The van der Waals surface area contributed by atoms with Crippen molar-refractivity contribution in [3.8, 4) is 5.75 Å². The first kappa shape index (κ1) is 15.5. The Hall–Kier alpha value is -1.84. The second-order valence-electron chi connectivity index (χ2n) is 4.99. The molecule has 0 aliphatic rings. The van der Waals surface area contributed by atoms with Gasteiger partial charge < -0.3 is 15.2 Å². The Kier molecular flexibility index (Phi) is 6.78. The van der Waals surface area contributed by atoms with Crippen LogP contribution in [0.15, 0.2) is 54.6 Å². The SMILES string of the molecule is OCCNCc1cccc(OCCCc2ccccc2)c1. The summed E-state index contributed by atoms with van der Waals surface area (Å²) in [5, 5.41) is 11.9. The van der Waals surface area contributed by atoms with E-state index in [0.717, 1.165) is 31.7 Å². The number of aliphatic hydroxyl groups excluding tert-OH is 1. The van der Waals surface area contributed by atoms with Gasteiger partial charge in [-0.1, -0.05) is 42.5 Å². The van der Waals surface area contributed by atoms with Crippen LogP contribution in [0.5, 0.6) is 5.75 Å². The van der Waals surface area contributed by atoms with E-state index in [4.69, 9.17) is 9.84 Å². The molecule has 0 saturated heterocycles. The summed E-state index contributed by atoms with van der Waals surface area (Å²) in [5.41, 5.74) is 2.52. The lowest BCUT2D eigenvalue weighted by Gasteiger charge is -2.09. The zero-order valence-electron chi connectivity index (χ0n) is 12.3. The van der Waals surface area contributed by atoms with Gasteiger partial charge >= 0.3 is 0 Å². The van der Waals surface area contributed by atoms with Crippen LogP contribution in [0.2, 0.25) is 0 Å². The third-order valence-corrected chi connectivity index (χ3v) is 3.24. The first-order chi connectivity index (χ1) is 10.4. The number of hydrogen-bond donors (Lipinski definition) is 2. The molecular weight excluding hydrogens is 262 g/mol. The number of aliphatic hydroxyl groups is 1. The topological polar surface area (TPSA) is 41.5 Å². The van der Waals surface area contributed by atoms with Gasteiger partial charge in [0.25, 0.3) is 0 Å². The largest absolute Gasteiger partial charge is 0.494 e. The van der Waals surface area contributed by atoms with Crippen molar-refractivity contribution in [1.29, 1.82) is 0 Å². The molecule has 0 amide bonds. The van der Waals surface area contributed by atoms with E-state index < -0.39 is 0 Å². The Morgan fingerprint density at radius 3 is 2.57 bits per heavy atom. The molecule has 0 saturated carbocycles.